The van der Waals surface area contributed by atoms with Gasteiger partial charge in [0.2, 0.25) is 0 Å². The Balaban J connectivity index is 1.98. The van der Waals surface area contributed by atoms with Gasteiger partial charge in [0.05, 0.1) is 0 Å². The van der Waals surface area contributed by atoms with Crippen molar-refractivity contribution in [2.45, 2.75) is 44.9 Å². The van der Waals surface area contributed by atoms with Crippen LogP contribution >= 0.6 is 22.6 Å². The summed E-state index contributed by atoms with van der Waals surface area (Å²) in [5.41, 5.74) is 0.0129. The largest absolute Gasteiger partial charge is 0.459 e. The first-order valence-electron chi connectivity index (χ1n) is 9.25. The predicted octanol–water partition coefficient (Wildman–Crippen LogP) is 6.40. The van der Waals surface area contributed by atoms with Crippen molar-refractivity contribution in [1.82, 2.24) is 4.90 Å². The number of furan rings is 1. The first-order chi connectivity index (χ1) is 13.2. The zero-order valence-corrected chi connectivity index (χ0v) is 18.1. The fourth-order valence-corrected chi connectivity index (χ4v) is 4.71. The fourth-order valence-electron chi connectivity index (χ4n) is 4.16. The maximum atomic E-state index is 15.0. The van der Waals surface area contributed by atoms with Crippen molar-refractivity contribution < 1.29 is 17.6 Å². The van der Waals surface area contributed by atoms with E-state index in [1.807, 2.05) is 58.7 Å². The van der Waals surface area contributed by atoms with Crippen LogP contribution in [0.5, 0.6) is 0 Å². The van der Waals surface area contributed by atoms with Crippen molar-refractivity contribution in [3.05, 3.63) is 68.5 Å². The molecular formula is C22H21F3INO. The van der Waals surface area contributed by atoms with Crippen molar-refractivity contribution in [1.29, 1.82) is 0 Å². The highest BCUT2D eigenvalue weighted by Gasteiger charge is 2.42. The van der Waals surface area contributed by atoms with Gasteiger partial charge in [-0.25, -0.2) is 13.2 Å². The van der Waals surface area contributed by atoms with Gasteiger partial charge >= 0.3 is 0 Å². The Labute approximate surface area is 175 Å². The van der Waals surface area contributed by atoms with Crippen molar-refractivity contribution >= 4 is 33.6 Å². The minimum Gasteiger partial charge on any atom is -0.459 e. The molecule has 0 fully saturated rings. The Morgan fingerprint density at radius 2 is 1.82 bits per heavy atom. The molecule has 0 aliphatic carbocycles. The lowest BCUT2D eigenvalue weighted by Gasteiger charge is -2.42. The predicted molar refractivity (Wildman–Crippen MR) is 112 cm³/mol. The van der Waals surface area contributed by atoms with Gasteiger partial charge in [-0.05, 0) is 68.0 Å². The summed E-state index contributed by atoms with van der Waals surface area (Å²) >= 11 is 1.88. The smallest absolute Gasteiger partial charge is 0.134 e. The minimum absolute atomic E-state index is 0.0419. The highest BCUT2D eigenvalue weighted by molar-refractivity contribution is 14.1. The van der Waals surface area contributed by atoms with E-state index in [0.717, 1.165) is 10.9 Å². The van der Waals surface area contributed by atoms with Crippen LogP contribution in [0.1, 0.15) is 43.7 Å². The van der Waals surface area contributed by atoms with E-state index in [-0.39, 0.29) is 18.2 Å². The molecule has 0 saturated heterocycles. The Bertz CT molecular complexity index is 1020. The first kappa shape index (κ1) is 19.8. The molecule has 2 heterocycles. The van der Waals surface area contributed by atoms with Gasteiger partial charge < -0.3 is 4.42 Å². The summed E-state index contributed by atoms with van der Waals surface area (Å²) in [6, 6.07) is 9.27. The number of alkyl halides is 1. The summed E-state index contributed by atoms with van der Waals surface area (Å²) in [6.45, 7) is 4.96. The van der Waals surface area contributed by atoms with E-state index in [2.05, 4.69) is 0 Å². The Kier molecular flexibility index (Phi) is 4.98. The van der Waals surface area contributed by atoms with Crippen molar-refractivity contribution in [3.8, 4) is 0 Å². The third-order valence-electron chi connectivity index (χ3n) is 5.25. The second kappa shape index (κ2) is 7.06. The van der Waals surface area contributed by atoms with E-state index in [9.17, 15) is 13.2 Å². The first-order valence-corrected chi connectivity index (χ1v) is 10.3. The van der Waals surface area contributed by atoms with Crippen LogP contribution in [0.25, 0.3) is 11.0 Å². The molecule has 0 radical (unpaired) electrons. The van der Waals surface area contributed by atoms with E-state index >= 15 is 0 Å². The second-order valence-corrected chi connectivity index (χ2v) is 9.32. The molecule has 6 heteroatoms. The van der Waals surface area contributed by atoms with Gasteiger partial charge in [0, 0.05) is 32.7 Å². The van der Waals surface area contributed by atoms with Crippen molar-refractivity contribution in [3.63, 3.8) is 0 Å². The maximum absolute atomic E-state index is 15.0. The number of rotatable bonds is 3. The fraction of sp³-hybridized carbons (Fsp3) is 0.364. The molecule has 0 N–H and O–H groups in total. The van der Waals surface area contributed by atoms with Gasteiger partial charge in [0.25, 0.3) is 0 Å². The lowest BCUT2D eigenvalue weighted by atomic mass is 9.87. The molecular weight excluding hydrogens is 478 g/mol. The van der Waals surface area contributed by atoms with E-state index < -0.39 is 23.3 Å². The third kappa shape index (κ3) is 3.45. The number of benzene rings is 2. The van der Waals surface area contributed by atoms with E-state index in [0.29, 0.717) is 21.3 Å². The number of fused-ring (bicyclic) bond motifs is 3. The van der Waals surface area contributed by atoms with Crippen LogP contribution in [0.4, 0.5) is 13.2 Å². The van der Waals surface area contributed by atoms with Gasteiger partial charge in [-0.1, -0.05) is 18.2 Å². The molecule has 28 heavy (non-hydrogen) atoms. The summed E-state index contributed by atoms with van der Waals surface area (Å²) in [5.74, 6) is -0.782. The van der Waals surface area contributed by atoms with Crippen LogP contribution in [-0.2, 0) is 6.42 Å². The molecule has 1 aliphatic heterocycles. The normalized spacial score (nSPS) is 20.5. The highest BCUT2D eigenvalue weighted by Crippen LogP contribution is 2.44. The topological polar surface area (TPSA) is 16.4 Å². The quantitative estimate of drug-likeness (QED) is 0.388. The SMILES string of the molecule is CC1Cc2c(oc3ccccc23)C(c2c(F)cc(I)cc2F)N1CC(C)(C)F. The summed E-state index contributed by atoms with van der Waals surface area (Å²) in [6.07, 6.45) is 0.631. The molecule has 1 aromatic heterocycles. The molecule has 148 valence electrons. The average Bonchev–Trinajstić information content (AvgIpc) is 2.94. The van der Waals surface area contributed by atoms with Gasteiger partial charge in [-0.15, -0.1) is 0 Å². The molecule has 0 spiro atoms. The minimum atomic E-state index is -1.52. The summed E-state index contributed by atoms with van der Waals surface area (Å²) < 4.78 is 51.1. The van der Waals surface area contributed by atoms with E-state index in [1.165, 1.54) is 26.0 Å². The van der Waals surface area contributed by atoms with Crippen LogP contribution in [0.15, 0.2) is 40.8 Å². The Morgan fingerprint density at radius 3 is 2.46 bits per heavy atom. The molecule has 2 unspecified atom stereocenters. The van der Waals surface area contributed by atoms with Crippen LogP contribution in [-0.4, -0.2) is 23.2 Å². The average molecular weight is 499 g/mol. The zero-order chi connectivity index (χ0) is 20.2. The lowest BCUT2D eigenvalue weighted by Crippen LogP contribution is -2.48. The number of hydrogen-bond acceptors (Lipinski definition) is 2. The molecule has 1 aliphatic rings. The number of halogens is 4. The number of nitrogens with zero attached hydrogens (tertiary/aromatic N) is 1. The van der Waals surface area contributed by atoms with Gasteiger partial charge in [0.1, 0.15) is 34.7 Å². The van der Waals surface area contributed by atoms with Crippen LogP contribution in [0, 0.1) is 15.2 Å². The van der Waals surface area contributed by atoms with E-state index in [4.69, 9.17) is 4.42 Å². The lowest BCUT2D eigenvalue weighted by molar-refractivity contribution is 0.0573. The van der Waals surface area contributed by atoms with Gasteiger partial charge in [-0.2, -0.15) is 0 Å². The van der Waals surface area contributed by atoms with Crippen LogP contribution < -0.4 is 0 Å². The van der Waals surface area contributed by atoms with Crippen LogP contribution in [0.2, 0.25) is 0 Å². The molecule has 0 bridgehead atoms. The van der Waals surface area contributed by atoms with Gasteiger partial charge in [0.15, 0.2) is 0 Å². The molecule has 0 amide bonds. The molecule has 2 nitrogen and oxygen atoms in total. The van der Waals surface area contributed by atoms with E-state index in [1.54, 1.807) is 0 Å². The molecule has 4 rings (SSSR count). The summed E-state index contributed by atoms with van der Waals surface area (Å²) in [7, 11) is 0. The monoisotopic (exact) mass is 499 g/mol. The summed E-state index contributed by atoms with van der Waals surface area (Å²) in [4.78, 5) is 1.82. The molecule has 2 atom stereocenters. The van der Waals surface area contributed by atoms with Crippen LogP contribution in [0.3, 0.4) is 0 Å². The Hall–Kier alpha value is -1.54. The maximum Gasteiger partial charge on any atom is 0.134 e. The molecule has 2 aromatic carbocycles. The number of para-hydroxylation sites is 1. The second-order valence-electron chi connectivity index (χ2n) is 8.07. The van der Waals surface area contributed by atoms with Gasteiger partial charge in [-0.3, -0.25) is 4.90 Å². The van der Waals surface area contributed by atoms with Crippen molar-refractivity contribution in [2.24, 2.45) is 0 Å². The highest BCUT2D eigenvalue weighted by atomic mass is 127. The standard InChI is InChI=1S/C22H21F3INO/c1-12-8-15-14-6-4-5-7-18(14)28-21(15)20(27(12)11-22(2,3)25)19-16(23)9-13(26)10-17(19)24/h4-7,9-10,12,20H,8,11H2,1-3H3. The van der Waals surface area contributed by atoms with Crippen molar-refractivity contribution in [2.75, 3.05) is 6.54 Å². The summed E-state index contributed by atoms with van der Waals surface area (Å²) in [5, 5.41) is 0.944. The molecule has 3 aromatic rings. The number of hydrogen-bond donors (Lipinski definition) is 0. The Morgan fingerprint density at radius 1 is 1.18 bits per heavy atom. The third-order valence-corrected chi connectivity index (χ3v) is 5.87. The zero-order valence-electron chi connectivity index (χ0n) is 15.9. The molecule has 0 saturated carbocycles.